The monoisotopic (exact) mass is 418 g/mol. The van der Waals surface area contributed by atoms with Crippen molar-refractivity contribution in [3.05, 3.63) is 59.4 Å². The fourth-order valence-electron chi connectivity index (χ4n) is 3.27. The maximum Gasteiger partial charge on any atom is 0.414 e. The molecule has 0 unspecified atom stereocenters. The lowest BCUT2D eigenvalue weighted by Crippen LogP contribution is -2.45. The van der Waals surface area contributed by atoms with E-state index in [4.69, 9.17) is 29.3 Å². The number of hydrogen-bond acceptors (Lipinski definition) is 6. The van der Waals surface area contributed by atoms with Crippen LogP contribution in [0.15, 0.2) is 42.5 Å². The van der Waals surface area contributed by atoms with E-state index in [1.165, 1.54) is 11.6 Å². The van der Waals surface area contributed by atoms with Gasteiger partial charge in [0.25, 0.3) is 0 Å². The number of rotatable bonds is 4. The summed E-state index contributed by atoms with van der Waals surface area (Å²) in [4.78, 5) is 22.9. The minimum Gasteiger partial charge on any atom is -0.473 e. The van der Waals surface area contributed by atoms with E-state index in [-0.39, 0.29) is 5.82 Å². The fraction of sp³-hybridized carbons (Fsp3) is 0.333. The van der Waals surface area contributed by atoms with E-state index < -0.39 is 11.9 Å². The smallest absolute Gasteiger partial charge is 0.414 e. The number of carboxylic acids is 2. The number of nitrogens with zero attached hydrogens (tertiary/aromatic N) is 2. The molecule has 2 aliphatic heterocycles. The van der Waals surface area contributed by atoms with E-state index in [1.54, 1.807) is 6.07 Å². The zero-order valence-corrected chi connectivity index (χ0v) is 16.3. The Labute approximate surface area is 173 Å². The molecule has 2 aliphatic rings. The molecule has 0 radical (unpaired) electrons. The van der Waals surface area contributed by atoms with Gasteiger partial charge in [0.05, 0.1) is 0 Å². The number of carboxylic acid groups (broad SMARTS) is 2. The Balaban J connectivity index is 0.000000377. The van der Waals surface area contributed by atoms with Gasteiger partial charge in [0.1, 0.15) is 5.82 Å². The lowest BCUT2D eigenvalue weighted by Gasteiger charge is -2.34. The zero-order chi connectivity index (χ0) is 21.5. The van der Waals surface area contributed by atoms with Crippen LogP contribution in [0.5, 0.6) is 11.5 Å². The van der Waals surface area contributed by atoms with Gasteiger partial charge in [0.15, 0.2) is 11.5 Å². The van der Waals surface area contributed by atoms with Crippen molar-refractivity contribution < 1.29 is 33.7 Å². The number of halogens is 1. The van der Waals surface area contributed by atoms with Crippen molar-refractivity contribution in [1.82, 2.24) is 9.80 Å². The van der Waals surface area contributed by atoms with Gasteiger partial charge in [-0.3, -0.25) is 9.80 Å². The minimum absolute atomic E-state index is 0.111. The molecule has 0 spiro atoms. The molecule has 1 fully saturated rings. The SMILES string of the molecule is Fc1ccccc1CN1CCN(Cc2ccc3c(c2)OCO3)CC1.O=C(O)C(=O)O. The van der Waals surface area contributed by atoms with Gasteiger partial charge in [-0.25, -0.2) is 14.0 Å². The maximum atomic E-state index is 13.8. The number of benzene rings is 2. The first kappa shape index (κ1) is 21.5. The van der Waals surface area contributed by atoms with Gasteiger partial charge < -0.3 is 19.7 Å². The van der Waals surface area contributed by atoms with Crippen molar-refractivity contribution in [3.8, 4) is 11.5 Å². The average molecular weight is 418 g/mol. The highest BCUT2D eigenvalue weighted by atomic mass is 19.1. The van der Waals surface area contributed by atoms with Crippen LogP contribution in [0, 0.1) is 5.82 Å². The zero-order valence-electron chi connectivity index (χ0n) is 16.3. The van der Waals surface area contributed by atoms with Gasteiger partial charge >= 0.3 is 11.9 Å². The minimum atomic E-state index is -1.82. The van der Waals surface area contributed by atoms with E-state index in [9.17, 15) is 4.39 Å². The number of hydrogen-bond donors (Lipinski definition) is 2. The van der Waals surface area contributed by atoms with Gasteiger partial charge in [0, 0.05) is 44.8 Å². The Morgan fingerprint density at radius 3 is 2.10 bits per heavy atom. The molecule has 1 saturated heterocycles. The molecule has 2 heterocycles. The quantitative estimate of drug-likeness (QED) is 0.728. The highest BCUT2D eigenvalue weighted by Crippen LogP contribution is 2.32. The van der Waals surface area contributed by atoms with Gasteiger partial charge in [-0.15, -0.1) is 0 Å². The van der Waals surface area contributed by atoms with Crippen molar-refractivity contribution in [2.24, 2.45) is 0 Å². The molecule has 0 aromatic heterocycles. The van der Waals surface area contributed by atoms with Crippen LogP contribution in [0.3, 0.4) is 0 Å². The van der Waals surface area contributed by atoms with Gasteiger partial charge in [0.2, 0.25) is 6.79 Å². The van der Waals surface area contributed by atoms with Crippen LogP contribution in [0.1, 0.15) is 11.1 Å². The molecule has 8 nitrogen and oxygen atoms in total. The number of carbonyl (C=O) groups is 2. The third kappa shape index (κ3) is 5.91. The molecule has 4 rings (SSSR count). The first-order valence-corrected chi connectivity index (χ1v) is 9.45. The summed E-state index contributed by atoms with van der Waals surface area (Å²) in [6.45, 7) is 5.80. The van der Waals surface area contributed by atoms with Gasteiger partial charge in [-0.2, -0.15) is 0 Å². The van der Waals surface area contributed by atoms with Gasteiger partial charge in [-0.05, 0) is 23.8 Å². The highest BCUT2D eigenvalue weighted by Gasteiger charge is 2.19. The summed E-state index contributed by atoms with van der Waals surface area (Å²) in [7, 11) is 0. The van der Waals surface area contributed by atoms with Crippen molar-refractivity contribution in [3.63, 3.8) is 0 Å². The molecule has 2 N–H and O–H groups in total. The van der Waals surface area contributed by atoms with E-state index >= 15 is 0 Å². The molecule has 0 aliphatic carbocycles. The normalized spacial score (nSPS) is 15.9. The second-order valence-electron chi connectivity index (χ2n) is 6.94. The first-order valence-electron chi connectivity index (χ1n) is 9.45. The Hall–Kier alpha value is -3.17. The Morgan fingerprint density at radius 1 is 0.867 bits per heavy atom. The topological polar surface area (TPSA) is 99.5 Å². The van der Waals surface area contributed by atoms with Crippen molar-refractivity contribution in [1.29, 1.82) is 0 Å². The Kier molecular flexibility index (Phi) is 7.21. The van der Waals surface area contributed by atoms with Crippen LogP contribution in [-0.4, -0.2) is 64.9 Å². The van der Waals surface area contributed by atoms with Crippen LogP contribution < -0.4 is 9.47 Å². The molecule has 0 saturated carbocycles. The average Bonchev–Trinajstić information content (AvgIpc) is 3.19. The van der Waals surface area contributed by atoms with Crippen LogP contribution in [0.4, 0.5) is 4.39 Å². The molecule has 9 heteroatoms. The standard InChI is InChI=1S/C19H21FN2O2.C2H2O4/c20-17-4-2-1-3-16(17)13-22-9-7-21(8-10-22)12-15-5-6-18-19(11-15)24-14-23-18;3-1(4)2(5)6/h1-6,11H,7-10,12-14H2;(H,3,4)(H,5,6). The Bertz CT molecular complexity index is 887. The molecular formula is C21H23FN2O6. The molecule has 0 atom stereocenters. The lowest BCUT2D eigenvalue weighted by molar-refractivity contribution is -0.159. The van der Waals surface area contributed by atoms with E-state index in [0.29, 0.717) is 13.3 Å². The summed E-state index contributed by atoms with van der Waals surface area (Å²) in [6.07, 6.45) is 0. The number of aliphatic carboxylic acids is 2. The summed E-state index contributed by atoms with van der Waals surface area (Å²) in [5.41, 5.74) is 2.02. The molecule has 0 amide bonds. The van der Waals surface area contributed by atoms with E-state index in [2.05, 4.69) is 21.9 Å². The van der Waals surface area contributed by atoms with Crippen LogP contribution in [0.2, 0.25) is 0 Å². The summed E-state index contributed by atoms with van der Waals surface area (Å²) < 4.78 is 24.5. The third-order valence-corrected chi connectivity index (χ3v) is 4.84. The molecule has 0 bridgehead atoms. The second kappa shape index (κ2) is 10.0. The molecule has 2 aromatic carbocycles. The largest absolute Gasteiger partial charge is 0.473 e. The lowest BCUT2D eigenvalue weighted by atomic mass is 10.1. The van der Waals surface area contributed by atoms with Gasteiger partial charge in [-0.1, -0.05) is 24.3 Å². The fourth-order valence-corrected chi connectivity index (χ4v) is 3.27. The predicted octanol–water partition coefficient (Wildman–Crippen LogP) is 2.03. The highest BCUT2D eigenvalue weighted by molar-refractivity contribution is 6.27. The molecule has 2 aromatic rings. The summed E-state index contributed by atoms with van der Waals surface area (Å²) >= 11 is 0. The first-order chi connectivity index (χ1) is 14.4. The maximum absolute atomic E-state index is 13.8. The number of fused-ring (bicyclic) bond motifs is 1. The second-order valence-corrected chi connectivity index (χ2v) is 6.94. The van der Waals surface area contributed by atoms with Crippen LogP contribution in [-0.2, 0) is 22.7 Å². The van der Waals surface area contributed by atoms with Crippen molar-refractivity contribution in [2.75, 3.05) is 33.0 Å². The number of piperazine rings is 1. The molecule has 160 valence electrons. The van der Waals surface area contributed by atoms with E-state index in [1.807, 2.05) is 18.2 Å². The van der Waals surface area contributed by atoms with Crippen LogP contribution >= 0.6 is 0 Å². The third-order valence-electron chi connectivity index (χ3n) is 4.84. The number of ether oxygens (including phenoxy) is 2. The molecular weight excluding hydrogens is 395 g/mol. The summed E-state index contributed by atoms with van der Waals surface area (Å²) in [6, 6.07) is 13.2. The van der Waals surface area contributed by atoms with E-state index in [0.717, 1.165) is 49.8 Å². The molecule has 30 heavy (non-hydrogen) atoms. The van der Waals surface area contributed by atoms with Crippen molar-refractivity contribution >= 4 is 11.9 Å². The van der Waals surface area contributed by atoms with Crippen LogP contribution in [0.25, 0.3) is 0 Å². The summed E-state index contributed by atoms with van der Waals surface area (Å²) in [5, 5.41) is 14.8. The Morgan fingerprint density at radius 2 is 1.47 bits per heavy atom. The predicted molar refractivity (Wildman–Crippen MR) is 105 cm³/mol. The summed E-state index contributed by atoms with van der Waals surface area (Å²) in [5.74, 6) is -2.09. The van der Waals surface area contributed by atoms with Crippen molar-refractivity contribution in [2.45, 2.75) is 13.1 Å².